The van der Waals surface area contributed by atoms with Crippen molar-refractivity contribution in [2.45, 2.75) is 19.4 Å². The van der Waals surface area contributed by atoms with Crippen LogP contribution < -0.4 is 5.73 Å². The minimum absolute atomic E-state index is 0. The summed E-state index contributed by atoms with van der Waals surface area (Å²) in [5.74, 6) is 0.0559. The average Bonchev–Trinajstić information content (AvgIpc) is 3.00. The topological polar surface area (TPSA) is 77.0 Å². The van der Waals surface area contributed by atoms with Gasteiger partial charge in [0.15, 0.2) is 0 Å². The van der Waals surface area contributed by atoms with Crippen LogP contribution >= 0.6 is 12.4 Å². The minimum atomic E-state index is 0. The molecule has 0 aliphatic heterocycles. The summed E-state index contributed by atoms with van der Waals surface area (Å²) >= 11 is 0. The van der Waals surface area contributed by atoms with Gasteiger partial charge < -0.3 is 10.6 Å². The highest BCUT2D eigenvalue weighted by molar-refractivity contribution is 5.85. The van der Waals surface area contributed by atoms with Crippen LogP contribution in [0.25, 0.3) is 5.69 Å². The standard InChI is InChI=1S/C14H19N5O.ClH/c1-11(18(2)14(20)7-8-15)12-3-5-13(6-4-12)19-10-16-9-17-19;/h3-6,9-11H,7-8,15H2,1-2H3;1H. The summed E-state index contributed by atoms with van der Waals surface area (Å²) in [6.45, 7) is 2.38. The Morgan fingerprint density at radius 3 is 2.57 bits per heavy atom. The fourth-order valence-corrected chi connectivity index (χ4v) is 1.99. The molecule has 0 aliphatic carbocycles. The Morgan fingerprint density at radius 2 is 2.05 bits per heavy atom. The molecule has 0 bridgehead atoms. The molecule has 1 aromatic heterocycles. The molecule has 114 valence electrons. The number of benzene rings is 1. The van der Waals surface area contributed by atoms with Crippen molar-refractivity contribution in [3.05, 3.63) is 42.5 Å². The molecule has 2 aromatic rings. The summed E-state index contributed by atoms with van der Waals surface area (Å²) in [4.78, 5) is 17.5. The number of halogens is 1. The SMILES string of the molecule is CC(c1ccc(-n2cncn2)cc1)N(C)C(=O)CCN.Cl. The van der Waals surface area contributed by atoms with Gasteiger partial charge in [0.25, 0.3) is 0 Å². The highest BCUT2D eigenvalue weighted by Gasteiger charge is 2.16. The molecule has 6 nitrogen and oxygen atoms in total. The number of hydrogen-bond acceptors (Lipinski definition) is 4. The fraction of sp³-hybridized carbons (Fsp3) is 0.357. The zero-order valence-electron chi connectivity index (χ0n) is 12.1. The first kappa shape index (κ1) is 17.1. The average molecular weight is 310 g/mol. The molecule has 1 heterocycles. The molecule has 2 N–H and O–H groups in total. The second kappa shape index (κ2) is 7.75. The zero-order chi connectivity index (χ0) is 14.5. The Balaban J connectivity index is 0.00000220. The van der Waals surface area contributed by atoms with Crippen LogP contribution in [-0.2, 0) is 4.79 Å². The summed E-state index contributed by atoms with van der Waals surface area (Å²) in [6, 6.07) is 7.92. The Morgan fingerprint density at radius 1 is 1.38 bits per heavy atom. The van der Waals surface area contributed by atoms with E-state index in [0.29, 0.717) is 13.0 Å². The van der Waals surface area contributed by atoms with Crippen LogP contribution in [0.15, 0.2) is 36.9 Å². The van der Waals surface area contributed by atoms with Crippen molar-refractivity contribution in [1.82, 2.24) is 19.7 Å². The van der Waals surface area contributed by atoms with Gasteiger partial charge in [-0.25, -0.2) is 9.67 Å². The smallest absolute Gasteiger partial charge is 0.224 e. The number of hydrogen-bond donors (Lipinski definition) is 1. The molecule has 21 heavy (non-hydrogen) atoms. The third-order valence-electron chi connectivity index (χ3n) is 3.39. The highest BCUT2D eigenvalue weighted by atomic mass is 35.5. The molecule has 0 saturated carbocycles. The number of aromatic nitrogens is 3. The van der Waals surface area contributed by atoms with E-state index >= 15 is 0 Å². The van der Waals surface area contributed by atoms with Gasteiger partial charge >= 0.3 is 0 Å². The lowest BCUT2D eigenvalue weighted by Crippen LogP contribution is -2.31. The molecule has 7 heteroatoms. The van der Waals surface area contributed by atoms with E-state index in [1.165, 1.54) is 6.33 Å². The van der Waals surface area contributed by atoms with Crippen LogP contribution in [-0.4, -0.2) is 39.2 Å². The molecule has 0 spiro atoms. The van der Waals surface area contributed by atoms with Crippen molar-refractivity contribution in [3.63, 3.8) is 0 Å². The first-order chi connectivity index (χ1) is 9.63. The van der Waals surface area contributed by atoms with Crippen LogP contribution in [0.4, 0.5) is 0 Å². The normalized spacial score (nSPS) is 11.6. The molecule has 0 aliphatic rings. The van der Waals surface area contributed by atoms with Gasteiger partial charge in [-0.05, 0) is 24.6 Å². The number of amides is 1. The van der Waals surface area contributed by atoms with Gasteiger partial charge in [-0.3, -0.25) is 4.79 Å². The van der Waals surface area contributed by atoms with E-state index in [4.69, 9.17) is 5.73 Å². The predicted octanol–water partition coefficient (Wildman–Crippen LogP) is 1.56. The summed E-state index contributed by atoms with van der Waals surface area (Å²) in [5.41, 5.74) is 7.43. The molecule has 0 saturated heterocycles. The first-order valence-electron chi connectivity index (χ1n) is 6.54. The lowest BCUT2D eigenvalue weighted by molar-refractivity contribution is -0.131. The summed E-state index contributed by atoms with van der Waals surface area (Å²) in [5, 5.41) is 4.08. The zero-order valence-corrected chi connectivity index (χ0v) is 13.0. The third kappa shape index (κ3) is 4.03. The van der Waals surface area contributed by atoms with Gasteiger partial charge in [-0.1, -0.05) is 12.1 Å². The second-order valence-corrected chi connectivity index (χ2v) is 4.65. The number of nitrogens with two attached hydrogens (primary N) is 1. The first-order valence-corrected chi connectivity index (χ1v) is 6.54. The van der Waals surface area contributed by atoms with Crippen LogP contribution in [0.5, 0.6) is 0 Å². The van der Waals surface area contributed by atoms with Crippen molar-refractivity contribution in [3.8, 4) is 5.69 Å². The van der Waals surface area contributed by atoms with E-state index in [1.54, 1.807) is 23.0 Å². The lowest BCUT2D eigenvalue weighted by Gasteiger charge is -2.25. The predicted molar refractivity (Wildman–Crippen MR) is 83.5 cm³/mol. The largest absolute Gasteiger partial charge is 0.339 e. The van der Waals surface area contributed by atoms with Crippen molar-refractivity contribution < 1.29 is 4.79 Å². The van der Waals surface area contributed by atoms with Crippen LogP contribution in [0.1, 0.15) is 24.9 Å². The maximum Gasteiger partial charge on any atom is 0.224 e. The monoisotopic (exact) mass is 309 g/mol. The number of carbonyl (C=O) groups is 1. The molecule has 0 fully saturated rings. The molecule has 0 radical (unpaired) electrons. The van der Waals surface area contributed by atoms with Gasteiger partial charge in [0.2, 0.25) is 5.91 Å². The summed E-state index contributed by atoms with van der Waals surface area (Å²) < 4.78 is 1.69. The maximum absolute atomic E-state index is 11.8. The molecular formula is C14H20ClN5O. The molecule has 2 rings (SSSR count). The Labute approximate surface area is 130 Å². The van der Waals surface area contributed by atoms with E-state index in [1.807, 2.05) is 31.2 Å². The van der Waals surface area contributed by atoms with Crippen molar-refractivity contribution in [2.75, 3.05) is 13.6 Å². The van der Waals surface area contributed by atoms with Crippen molar-refractivity contribution in [1.29, 1.82) is 0 Å². The summed E-state index contributed by atoms with van der Waals surface area (Å²) in [6.07, 6.45) is 3.52. The van der Waals surface area contributed by atoms with E-state index in [-0.39, 0.29) is 24.4 Å². The second-order valence-electron chi connectivity index (χ2n) is 4.65. The van der Waals surface area contributed by atoms with E-state index in [0.717, 1.165) is 11.3 Å². The third-order valence-corrected chi connectivity index (χ3v) is 3.39. The van der Waals surface area contributed by atoms with Gasteiger partial charge in [-0.2, -0.15) is 5.10 Å². The van der Waals surface area contributed by atoms with Crippen LogP contribution in [0, 0.1) is 0 Å². The Bertz CT molecular complexity index is 555. The fourth-order valence-electron chi connectivity index (χ4n) is 1.99. The Kier molecular flexibility index (Phi) is 6.33. The van der Waals surface area contributed by atoms with Gasteiger partial charge in [0.1, 0.15) is 12.7 Å². The number of nitrogens with zero attached hydrogens (tertiary/aromatic N) is 4. The summed E-state index contributed by atoms with van der Waals surface area (Å²) in [7, 11) is 1.80. The highest BCUT2D eigenvalue weighted by Crippen LogP contribution is 2.20. The minimum Gasteiger partial charge on any atom is -0.339 e. The molecule has 1 unspecified atom stereocenters. The van der Waals surface area contributed by atoms with Gasteiger partial charge in [0.05, 0.1) is 11.7 Å². The quantitative estimate of drug-likeness (QED) is 0.909. The molecule has 1 amide bonds. The van der Waals surface area contributed by atoms with E-state index < -0.39 is 0 Å². The Hall–Kier alpha value is -1.92. The number of carbonyl (C=O) groups excluding carboxylic acids is 1. The van der Waals surface area contributed by atoms with Crippen LogP contribution in [0.3, 0.4) is 0 Å². The van der Waals surface area contributed by atoms with Gasteiger partial charge in [-0.15, -0.1) is 12.4 Å². The van der Waals surface area contributed by atoms with E-state index in [9.17, 15) is 4.79 Å². The van der Waals surface area contributed by atoms with Crippen molar-refractivity contribution >= 4 is 18.3 Å². The molecule has 1 atom stereocenters. The van der Waals surface area contributed by atoms with Gasteiger partial charge in [0, 0.05) is 20.0 Å². The lowest BCUT2D eigenvalue weighted by atomic mass is 10.1. The van der Waals surface area contributed by atoms with Crippen LogP contribution in [0.2, 0.25) is 0 Å². The van der Waals surface area contributed by atoms with E-state index in [2.05, 4.69) is 10.1 Å². The molecule has 1 aromatic carbocycles. The van der Waals surface area contributed by atoms with Crippen molar-refractivity contribution in [2.24, 2.45) is 5.73 Å². The molecular weight excluding hydrogens is 290 g/mol. The maximum atomic E-state index is 11.8. The number of rotatable bonds is 5.